The number of terminal acetylenes is 1. The number of hydrogen-bond donors (Lipinski definition) is 7. The Morgan fingerprint density at radius 3 is 1.37 bits per heavy atom. The van der Waals surface area contributed by atoms with Gasteiger partial charge >= 0.3 is 0 Å². The lowest BCUT2D eigenvalue weighted by atomic mass is 10.1. The molecule has 0 radical (unpaired) electrons. The van der Waals surface area contributed by atoms with Gasteiger partial charge < -0.3 is 46.0 Å². The standard InChI is InChI=1S/C20H17FN4S.C18H23N3OS2.C17H19N5S.C17H18N4OS.C15H17ClN4S.C15H15N5S2/c1-5-14-7-6-13(9-15(14)21)10-22-19-18-17(25(4)24-19)16-11(2)8-12(3)23-20(16)26-18;1-11-8-12(2)19-18-15(11)16-17(24-18)14(9-21(16)5-6-22)20-13-4-3-7-23-10-13;1-9-7-10(2)20-17-13(9)14-15(23-17)16(21-22(14)4)19-8-12-5-6-18-11(12)3;1-9-7-10(2)19-17-13(9)14-15(23-17)16(20-21(14)4)18-8-12-6-5-11(3)22-12;1-7-10-12-13(21-15(10)18-8(2)11(7)16)14(19-20(12)3)17-6-9-4-5-9;1-8-6-9(2)18-15-11(8)12-13(22-15)14(19-20(12)3)17-7-10-16-4-5-21-10/h1,6-9H,10H2,2-4H3,(H,22,24);8-9,13,20,22H,3-7,10H2,1-2H3;6-7H,5,8H2,1-4H3,(H,19,21);5-7H,8H2,1-4H3,(H,18,20);9H,4-6H2,1-3H3,(H,17,19);4-6H,7H2,1-3H3,(H,17,19). The van der Waals surface area contributed by atoms with Gasteiger partial charge in [-0.2, -0.15) is 37.3 Å². The van der Waals surface area contributed by atoms with Gasteiger partial charge in [0.2, 0.25) is 0 Å². The molecule has 37 heteroatoms. The number of hydrogen-bond acceptors (Lipinski definition) is 29. The predicted molar refractivity (Wildman–Crippen MR) is 585 cm³/mol. The number of furan rings is 1. The van der Waals surface area contributed by atoms with E-state index in [0.29, 0.717) is 32.2 Å². The van der Waals surface area contributed by atoms with Crippen LogP contribution in [0.2, 0.25) is 5.02 Å². The Morgan fingerprint density at radius 1 is 0.511 bits per heavy atom. The number of pyridine rings is 6. The fourth-order valence-corrected chi connectivity index (χ4v) is 28.0. The Kier molecular flexibility index (Phi) is 27.5. The first kappa shape index (κ1) is 95.9. The number of rotatable bonds is 19. The van der Waals surface area contributed by atoms with Gasteiger partial charge in [-0.1, -0.05) is 23.6 Å². The first-order valence-electron chi connectivity index (χ1n) is 46.2. The van der Waals surface area contributed by atoms with E-state index in [0.717, 1.165) is 203 Å². The molecule has 2 aliphatic heterocycles. The minimum Gasteiger partial charge on any atom is -0.465 e. The van der Waals surface area contributed by atoms with Crippen LogP contribution in [0.25, 0.3) is 123 Å². The fourth-order valence-electron chi connectivity index (χ4n) is 18.6. The summed E-state index contributed by atoms with van der Waals surface area (Å²) in [6.07, 6.45) is 17.4. The molecule has 0 spiro atoms. The third-order valence-corrected chi connectivity index (χ3v) is 34.3. The lowest BCUT2D eigenvalue weighted by Gasteiger charge is -2.22. The number of fused-ring (bicyclic) bond motifs is 18. The topological polar surface area (TPSA) is 302 Å². The van der Waals surface area contributed by atoms with Gasteiger partial charge in [-0.15, -0.1) is 85.8 Å². The van der Waals surface area contributed by atoms with Crippen molar-refractivity contribution in [1.82, 2.24) is 88.4 Å². The summed E-state index contributed by atoms with van der Waals surface area (Å²) in [6.45, 7) is 33.3. The highest BCUT2D eigenvalue weighted by Crippen LogP contribution is 2.48. The first-order valence-corrected chi connectivity index (χ1v) is 53.5. The van der Waals surface area contributed by atoms with Crippen LogP contribution >= 0.6 is 103 Å². The number of nitrogens with zero attached hydrogens (tertiary/aromatic N) is 19. The highest BCUT2D eigenvalue weighted by molar-refractivity contribution is 7.99. The smallest absolute Gasteiger partial charge is 0.166 e. The molecule has 22 heterocycles. The third kappa shape index (κ3) is 19.4. The fraction of sp³-hybridized carbons (Fsp3) is 0.343. The maximum atomic E-state index is 13.9. The summed E-state index contributed by atoms with van der Waals surface area (Å²) < 4.78 is 38.3. The highest BCUT2D eigenvalue weighted by Gasteiger charge is 2.29. The van der Waals surface area contributed by atoms with Crippen LogP contribution in [0.5, 0.6) is 0 Å². The Labute approximate surface area is 840 Å². The van der Waals surface area contributed by atoms with Crippen molar-refractivity contribution in [3.8, 4) is 12.3 Å². The van der Waals surface area contributed by atoms with E-state index < -0.39 is 0 Å². The number of halogens is 2. The Hall–Kier alpha value is -12.0. The molecule has 1 aromatic carbocycles. The van der Waals surface area contributed by atoms with E-state index in [2.05, 4.69) is 190 Å². The zero-order valence-corrected chi connectivity index (χ0v) is 88.4. The number of nitrogens with one attached hydrogen (secondary N) is 6. The molecule has 1 atom stereocenters. The van der Waals surface area contributed by atoms with E-state index in [1.807, 2.05) is 148 Å². The van der Waals surface area contributed by atoms with Gasteiger partial charge in [-0.3, -0.25) is 28.4 Å². The largest absolute Gasteiger partial charge is 0.465 e. The molecule has 20 aromatic heterocycles. The van der Waals surface area contributed by atoms with Crippen LogP contribution in [0.4, 0.5) is 39.2 Å². The van der Waals surface area contributed by atoms with E-state index in [9.17, 15) is 9.50 Å². The van der Waals surface area contributed by atoms with Crippen molar-refractivity contribution in [3.63, 3.8) is 0 Å². The number of aliphatic hydroxyl groups is 1. The van der Waals surface area contributed by atoms with Crippen LogP contribution < -0.4 is 31.9 Å². The molecular formula is C102H109ClFN25O2S8. The Balaban J connectivity index is 0.000000107. The van der Waals surface area contributed by atoms with Crippen LogP contribution in [0.1, 0.15) is 134 Å². The second-order valence-electron chi connectivity index (χ2n) is 36.0. The molecule has 2 fully saturated rings. The van der Waals surface area contributed by atoms with Gasteiger partial charge in [-0.05, 0) is 233 Å². The summed E-state index contributed by atoms with van der Waals surface area (Å²) in [5.41, 5.74) is 25.1. The van der Waals surface area contributed by atoms with Gasteiger partial charge in [0.05, 0.1) is 103 Å². The van der Waals surface area contributed by atoms with Crippen molar-refractivity contribution >= 4 is 266 Å². The summed E-state index contributed by atoms with van der Waals surface area (Å²) in [6, 6.07) is 20.0. The molecule has 27 nitrogen and oxygen atoms in total. The molecule has 716 valence electrons. The molecule has 1 aliphatic carbocycles. The average molecular weight is 2030 g/mol. The van der Waals surface area contributed by atoms with Crippen LogP contribution in [0.3, 0.4) is 0 Å². The molecule has 1 saturated heterocycles. The summed E-state index contributed by atoms with van der Waals surface area (Å²) in [4.78, 5) is 43.2. The molecule has 21 aromatic rings. The van der Waals surface area contributed by atoms with Gasteiger partial charge in [0.1, 0.15) is 51.3 Å². The zero-order valence-electron chi connectivity index (χ0n) is 81.1. The number of allylic oxidation sites excluding steroid dienone is 1. The molecule has 139 heavy (non-hydrogen) atoms. The van der Waals surface area contributed by atoms with E-state index in [1.54, 1.807) is 85.4 Å². The first-order chi connectivity index (χ1) is 66.9. The lowest BCUT2D eigenvalue weighted by molar-refractivity contribution is 0.278. The van der Waals surface area contributed by atoms with Crippen LogP contribution in [0.15, 0.2) is 99.1 Å². The normalized spacial score (nSPS) is 13.8. The maximum Gasteiger partial charge on any atom is 0.166 e. The number of benzene rings is 1. The summed E-state index contributed by atoms with van der Waals surface area (Å²) in [5.74, 6) is 11.6. The second-order valence-corrected chi connectivity index (χ2v) is 44.5. The van der Waals surface area contributed by atoms with E-state index in [-0.39, 0.29) is 18.0 Å². The van der Waals surface area contributed by atoms with Crippen molar-refractivity contribution in [3.05, 3.63) is 196 Å². The minimum atomic E-state index is -0.380. The van der Waals surface area contributed by atoms with Gasteiger partial charge in [0.15, 0.2) is 29.1 Å². The SMILES string of the molecule is C#Cc1ccc(CNc2nn(C)c3c2sc2nc(C)cc(C)c23)cc1F.CC1=C(CNc2nn(C)c3c2sc2nc(C)cc(C)c23)CC=N1.Cc1cc(C)c2c(n1)sc1c(NC3CCCSC3)cn(CCO)c12.Cc1cc(C)c2c(n1)sc1c(NCc3ccc(C)o3)nn(C)c12.Cc1cc(C)c2c(n1)sc1c(NCc3nccs3)nn(C)c12.Cc1nc2sc3c(NCC4CC4)nn(C)c3c2c(C)c1Cl. The number of aromatic nitrogens is 18. The maximum absolute atomic E-state index is 13.9. The van der Waals surface area contributed by atoms with Gasteiger partial charge in [0.25, 0.3) is 0 Å². The third-order valence-electron chi connectivity index (χ3n) is 25.2. The van der Waals surface area contributed by atoms with E-state index >= 15 is 0 Å². The van der Waals surface area contributed by atoms with Crippen molar-refractivity contribution in [2.24, 2.45) is 46.1 Å². The predicted octanol–water partition coefficient (Wildman–Crippen LogP) is 25.1. The minimum absolute atomic E-state index is 0.151. The lowest BCUT2D eigenvalue weighted by Crippen LogP contribution is -2.25. The number of anilines is 6. The quantitative estimate of drug-likeness (QED) is 0.0370. The van der Waals surface area contributed by atoms with Gasteiger partial charge in [-0.25, -0.2) is 39.3 Å². The van der Waals surface area contributed by atoms with E-state index in [1.165, 1.54) is 129 Å². The summed E-state index contributed by atoms with van der Waals surface area (Å²) in [7, 11) is 9.89. The number of thioether (sulfide) groups is 1. The molecule has 1 unspecified atom stereocenters. The number of thiophene rings is 6. The summed E-state index contributed by atoms with van der Waals surface area (Å²) in [5, 5.41) is 64.5. The van der Waals surface area contributed by atoms with Crippen molar-refractivity contribution in [2.75, 3.05) is 63.1 Å². The molecule has 1 saturated carbocycles. The summed E-state index contributed by atoms with van der Waals surface area (Å²) >= 11 is 20.3. The highest BCUT2D eigenvalue weighted by atomic mass is 35.5. The Bertz CT molecular complexity index is 8430. The molecule has 0 amide bonds. The van der Waals surface area contributed by atoms with E-state index in [4.69, 9.17) is 32.4 Å². The zero-order chi connectivity index (χ0) is 97.4. The molecule has 3 aliphatic rings. The van der Waals surface area contributed by atoms with Crippen LogP contribution in [-0.2, 0) is 61.4 Å². The second kappa shape index (κ2) is 39.9. The number of thiazole rings is 1. The van der Waals surface area contributed by atoms with Crippen LogP contribution in [-0.4, -0.2) is 137 Å². The average Bonchev–Trinajstić information content (AvgIpc) is 1.56. The van der Waals surface area contributed by atoms with Crippen LogP contribution in [0, 0.1) is 114 Å². The molecule has 7 N–H and O–H groups in total. The van der Waals surface area contributed by atoms with Gasteiger partial charge in [0, 0.05) is 170 Å². The Morgan fingerprint density at radius 2 is 0.957 bits per heavy atom. The number of aliphatic hydroxyl groups excluding tert-OH is 1. The molecular weight excluding hydrogens is 1920 g/mol. The van der Waals surface area contributed by atoms with Crippen molar-refractivity contribution in [2.45, 2.75) is 161 Å². The number of aryl methyl sites for hydroxylation is 18. The van der Waals surface area contributed by atoms with Crippen molar-refractivity contribution < 1.29 is 13.9 Å². The van der Waals surface area contributed by atoms with Crippen molar-refractivity contribution in [1.29, 1.82) is 0 Å². The monoisotopic (exact) mass is 2030 g/mol. The molecule has 0 bridgehead atoms. The molecule has 24 rings (SSSR count). The number of aliphatic imine (C=N–C) groups is 1.